The van der Waals surface area contributed by atoms with Gasteiger partial charge in [0.25, 0.3) is 0 Å². The van der Waals surface area contributed by atoms with Crippen LogP contribution in [0.4, 0.5) is 0 Å². The average Bonchev–Trinajstić information content (AvgIpc) is 3.19. The normalized spacial score (nSPS) is 39.0. The summed E-state index contributed by atoms with van der Waals surface area (Å²) in [4.78, 5) is 0. The third-order valence-corrected chi connectivity index (χ3v) is 8.57. The lowest BCUT2D eigenvalue weighted by molar-refractivity contribution is 0.252. The van der Waals surface area contributed by atoms with Gasteiger partial charge in [0.15, 0.2) is 0 Å². The lowest BCUT2D eigenvalue weighted by Gasteiger charge is -2.33. The zero-order valence-electron chi connectivity index (χ0n) is 11.8. The fourth-order valence-electron chi connectivity index (χ4n) is 4.50. The maximum Gasteiger partial charge on any atom is 0.0637 e. The van der Waals surface area contributed by atoms with Crippen molar-refractivity contribution in [1.29, 1.82) is 0 Å². The van der Waals surface area contributed by atoms with E-state index in [1.807, 2.05) is 0 Å². The van der Waals surface area contributed by atoms with Crippen molar-refractivity contribution in [2.45, 2.75) is 16.7 Å². The fraction of sp³-hybridized carbons (Fsp3) is 0.263. The molecule has 3 aliphatic rings. The topological polar surface area (TPSA) is 9.23 Å². The molecule has 0 saturated carbocycles. The molecular formula is C19H17OP. The zero-order valence-corrected chi connectivity index (χ0v) is 12.7. The Kier molecular flexibility index (Phi) is 2.35. The standard InChI is InChI=1S/C19H17OP/c1-3-7-15(8-4-1)18-11-12-19(16-9-5-2-6-10-16)17(13-18)14-20-21(18)19/h1-12,17H,13-14H2/t17-,18-,19-,21?/m1/s1. The van der Waals surface area contributed by atoms with Gasteiger partial charge in [0, 0.05) is 5.92 Å². The molecule has 0 radical (unpaired) electrons. The summed E-state index contributed by atoms with van der Waals surface area (Å²) in [5.74, 6) is 0.635. The first-order valence-electron chi connectivity index (χ1n) is 7.61. The van der Waals surface area contributed by atoms with E-state index in [9.17, 15) is 0 Å². The predicted octanol–water partition coefficient (Wildman–Crippen LogP) is 4.79. The van der Waals surface area contributed by atoms with Crippen LogP contribution in [0, 0.1) is 5.92 Å². The van der Waals surface area contributed by atoms with Crippen molar-refractivity contribution in [3.05, 3.63) is 83.9 Å². The monoisotopic (exact) mass is 292 g/mol. The Balaban J connectivity index is 1.69. The van der Waals surface area contributed by atoms with Gasteiger partial charge in [-0.15, -0.1) is 0 Å². The predicted molar refractivity (Wildman–Crippen MR) is 86.4 cm³/mol. The number of allylic oxidation sites excluding steroid dienone is 2. The Morgan fingerprint density at radius 1 is 0.857 bits per heavy atom. The summed E-state index contributed by atoms with van der Waals surface area (Å²) in [6.07, 6.45) is 6.17. The minimum absolute atomic E-state index is 0.148. The largest absolute Gasteiger partial charge is 0.356 e. The van der Waals surface area contributed by atoms with E-state index in [1.165, 1.54) is 17.5 Å². The highest BCUT2D eigenvalue weighted by Gasteiger charge is 2.69. The first-order valence-corrected chi connectivity index (χ1v) is 8.87. The Morgan fingerprint density at radius 3 is 2.24 bits per heavy atom. The summed E-state index contributed by atoms with van der Waals surface area (Å²) in [6, 6.07) is 22.0. The van der Waals surface area contributed by atoms with E-state index in [0.29, 0.717) is 5.92 Å². The molecule has 0 aliphatic carbocycles. The van der Waals surface area contributed by atoms with Gasteiger partial charge in [-0.05, 0) is 17.5 Å². The second-order valence-electron chi connectivity index (χ2n) is 6.31. The van der Waals surface area contributed by atoms with Crippen LogP contribution in [0.2, 0.25) is 0 Å². The molecule has 5 rings (SSSR count). The van der Waals surface area contributed by atoms with Gasteiger partial charge < -0.3 is 4.52 Å². The molecule has 2 saturated heterocycles. The minimum Gasteiger partial charge on any atom is -0.356 e. The molecule has 0 spiro atoms. The molecule has 2 aromatic rings. The van der Waals surface area contributed by atoms with Crippen molar-refractivity contribution in [1.82, 2.24) is 0 Å². The van der Waals surface area contributed by atoms with E-state index >= 15 is 0 Å². The molecule has 0 N–H and O–H groups in total. The number of hydrogen-bond acceptors (Lipinski definition) is 1. The van der Waals surface area contributed by atoms with Gasteiger partial charge in [-0.25, -0.2) is 0 Å². The van der Waals surface area contributed by atoms with Crippen LogP contribution in [-0.4, -0.2) is 6.61 Å². The molecule has 0 amide bonds. The SMILES string of the molecule is C1=C[C@@]2(c3ccccc3)[C@H]3COP2[C@@]1(c1ccccc1)C3. The van der Waals surface area contributed by atoms with Crippen LogP contribution >= 0.6 is 8.15 Å². The number of rotatable bonds is 2. The summed E-state index contributed by atoms with van der Waals surface area (Å²) in [7, 11) is -0.512. The van der Waals surface area contributed by atoms with Gasteiger partial charge in [-0.2, -0.15) is 0 Å². The van der Waals surface area contributed by atoms with Gasteiger partial charge in [-0.1, -0.05) is 72.8 Å². The van der Waals surface area contributed by atoms with Crippen molar-refractivity contribution >= 4 is 8.15 Å². The van der Waals surface area contributed by atoms with Gasteiger partial charge in [0.05, 0.1) is 25.1 Å². The molecule has 4 atom stereocenters. The average molecular weight is 292 g/mol. The minimum atomic E-state index is -0.512. The number of benzene rings is 2. The molecule has 2 fully saturated rings. The zero-order chi connectivity index (χ0) is 13.9. The van der Waals surface area contributed by atoms with Crippen LogP contribution in [0.5, 0.6) is 0 Å². The summed E-state index contributed by atoms with van der Waals surface area (Å²) in [6.45, 7) is 0.930. The second-order valence-corrected chi connectivity index (χ2v) is 8.69. The first-order chi connectivity index (χ1) is 10.4. The van der Waals surface area contributed by atoms with E-state index in [1.54, 1.807) is 0 Å². The molecule has 104 valence electrons. The van der Waals surface area contributed by atoms with E-state index < -0.39 is 8.15 Å². The maximum atomic E-state index is 6.36. The lowest BCUT2D eigenvalue weighted by atomic mass is 9.74. The van der Waals surface area contributed by atoms with Crippen LogP contribution in [-0.2, 0) is 14.8 Å². The lowest BCUT2D eigenvalue weighted by Crippen LogP contribution is -2.27. The molecule has 3 heterocycles. The molecule has 4 bridgehead atoms. The summed E-state index contributed by atoms with van der Waals surface area (Å²) >= 11 is 0. The van der Waals surface area contributed by atoms with Crippen LogP contribution in [0.3, 0.4) is 0 Å². The second kappa shape index (κ2) is 4.06. The van der Waals surface area contributed by atoms with Crippen LogP contribution in [0.25, 0.3) is 0 Å². The van der Waals surface area contributed by atoms with Crippen LogP contribution in [0.1, 0.15) is 17.5 Å². The Hall–Kier alpha value is -1.43. The Bertz CT molecular complexity index is 711. The van der Waals surface area contributed by atoms with E-state index in [0.717, 1.165) is 6.61 Å². The van der Waals surface area contributed by atoms with E-state index in [2.05, 4.69) is 72.8 Å². The Labute approximate surface area is 126 Å². The summed E-state index contributed by atoms with van der Waals surface area (Å²) in [5, 5.41) is 0.307. The summed E-state index contributed by atoms with van der Waals surface area (Å²) < 4.78 is 6.36. The van der Waals surface area contributed by atoms with Crippen molar-refractivity contribution < 1.29 is 4.52 Å². The molecule has 1 unspecified atom stereocenters. The van der Waals surface area contributed by atoms with E-state index in [4.69, 9.17) is 4.52 Å². The molecular weight excluding hydrogens is 275 g/mol. The van der Waals surface area contributed by atoms with E-state index in [-0.39, 0.29) is 10.3 Å². The van der Waals surface area contributed by atoms with Gasteiger partial charge in [-0.3, -0.25) is 0 Å². The first kappa shape index (κ1) is 12.1. The Morgan fingerprint density at radius 2 is 1.52 bits per heavy atom. The van der Waals surface area contributed by atoms with Crippen LogP contribution in [0.15, 0.2) is 72.8 Å². The van der Waals surface area contributed by atoms with Crippen molar-refractivity contribution in [3.8, 4) is 0 Å². The molecule has 1 nitrogen and oxygen atoms in total. The molecule has 2 heteroatoms. The molecule has 2 aromatic carbocycles. The van der Waals surface area contributed by atoms with Crippen LogP contribution < -0.4 is 0 Å². The van der Waals surface area contributed by atoms with Crippen molar-refractivity contribution in [2.75, 3.05) is 6.61 Å². The molecule has 0 aromatic heterocycles. The highest BCUT2D eigenvalue weighted by atomic mass is 31.1. The molecule has 21 heavy (non-hydrogen) atoms. The third kappa shape index (κ3) is 1.34. The summed E-state index contributed by atoms with van der Waals surface area (Å²) in [5.41, 5.74) is 2.89. The highest BCUT2D eigenvalue weighted by molar-refractivity contribution is 7.57. The van der Waals surface area contributed by atoms with Gasteiger partial charge in [0.1, 0.15) is 0 Å². The van der Waals surface area contributed by atoms with Gasteiger partial charge in [0.2, 0.25) is 0 Å². The maximum absolute atomic E-state index is 6.36. The van der Waals surface area contributed by atoms with Crippen molar-refractivity contribution in [2.24, 2.45) is 5.92 Å². The highest BCUT2D eigenvalue weighted by Crippen LogP contribution is 2.86. The fourth-order valence-corrected chi connectivity index (χ4v) is 8.00. The molecule has 3 aliphatic heterocycles. The van der Waals surface area contributed by atoms with Crippen molar-refractivity contribution in [3.63, 3.8) is 0 Å². The third-order valence-electron chi connectivity index (χ3n) is 5.41. The smallest absolute Gasteiger partial charge is 0.0637 e. The number of hydrogen-bond donors (Lipinski definition) is 0. The van der Waals surface area contributed by atoms with Gasteiger partial charge >= 0.3 is 0 Å². The quantitative estimate of drug-likeness (QED) is 0.571.